The molecule has 3 rings (SSSR count). The maximum Gasteiger partial charge on any atom is 0.167 e. The Morgan fingerprint density at radius 1 is 0.938 bits per heavy atom. The summed E-state index contributed by atoms with van der Waals surface area (Å²) in [6.07, 6.45) is 0. The zero-order valence-electron chi connectivity index (χ0n) is 8.81. The van der Waals surface area contributed by atoms with Crippen molar-refractivity contribution in [3.63, 3.8) is 0 Å². The van der Waals surface area contributed by atoms with E-state index in [0.29, 0.717) is 5.39 Å². The van der Waals surface area contributed by atoms with Crippen LogP contribution in [-0.2, 0) is 7.05 Å². The van der Waals surface area contributed by atoms with Gasteiger partial charge in [-0.3, -0.25) is 0 Å². The van der Waals surface area contributed by atoms with Crippen LogP contribution in [0.5, 0.6) is 11.5 Å². The minimum absolute atomic E-state index is 0.0469. The molecule has 3 aromatic rings. The van der Waals surface area contributed by atoms with Crippen LogP contribution >= 0.6 is 0 Å². The van der Waals surface area contributed by atoms with Gasteiger partial charge in [0.1, 0.15) is 0 Å². The van der Waals surface area contributed by atoms with Gasteiger partial charge >= 0.3 is 0 Å². The predicted octanol–water partition coefficient (Wildman–Crippen LogP) is 2.74. The first kappa shape index (κ1) is 9.09. The van der Waals surface area contributed by atoms with E-state index in [4.69, 9.17) is 0 Å². The summed E-state index contributed by atoms with van der Waals surface area (Å²) in [5.74, 6) is -0.127. The molecule has 0 amide bonds. The molecule has 2 N–H and O–H groups in total. The summed E-state index contributed by atoms with van der Waals surface area (Å²) in [5, 5.41) is 21.1. The van der Waals surface area contributed by atoms with Crippen molar-refractivity contribution in [2.75, 3.05) is 0 Å². The number of aromatic hydroxyl groups is 2. The Morgan fingerprint density at radius 3 is 2.50 bits per heavy atom. The summed E-state index contributed by atoms with van der Waals surface area (Å²) in [5.41, 5.74) is 1.95. The maximum absolute atomic E-state index is 9.91. The van der Waals surface area contributed by atoms with Gasteiger partial charge in [-0.05, 0) is 18.2 Å². The molecule has 80 valence electrons. The summed E-state index contributed by atoms with van der Waals surface area (Å²) in [6.45, 7) is 0. The molecule has 0 radical (unpaired) electrons. The molecule has 0 unspecified atom stereocenters. The molecule has 2 aromatic carbocycles. The Balaban J connectivity index is 2.68. The minimum atomic E-state index is -0.0798. The molecule has 0 spiro atoms. The van der Waals surface area contributed by atoms with Gasteiger partial charge in [0.25, 0.3) is 0 Å². The van der Waals surface area contributed by atoms with Crippen molar-refractivity contribution in [3.8, 4) is 11.5 Å². The average Bonchev–Trinajstić information content (AvgIpc) is 2.59. The van der Waals surface area contributed by atoms with E-state index in [1.807, 2.05) is 41.9 Å². The molecule has 1 heterocycles. The lowest BCUT2D eigenvalue weighted by Crippen LogP contribution is -1.85. The van der Waals surface area contributed by atoms with E-state index in [1.54, 1.807) is 0 Å². The highest BCUT2D eigenvalue weighted by Crippen LogP contribution is 2.39. The molecule has 0 aliphatic carbocycles. The number of hydrogen-bond acceptors (Lipinski definition) is 2. The van der Waals surface area contributed by atoms with E-state index in [0.717, 1.165) is 16.4 Å². The topological polar surface area (TPSA) is 45.4 Å². The van der Waals surface area contributed by atoms with Crippen molar-refractivity contribution >= 4 is 21.8 Å². The van der Waals surface area contributed by atoms with Crippen molar-refractivity contribution in [2.45, 2.75) is 0 Å². The lowest BCUT2D eigenvalue weighted by Gasteiger charge is -2.00. The number of fused-ring (bicyclic) bond motifs is 3. The summed E-state index contributed by atoms with van der Waals surface area (Å²) in [4.78, 5) is 0. The summed E-state index contributed by atoms with van der Waals surface area (Å²) >= 11 is 0. The number of nitrogens with zero attached hydrogens (tertiary/aromatic N) is 1. The first-order valence-corrected chi connectivity index (χ1v) is 5.08. The minimum Gasteiger partial charge on any atom is -0.504 e. The first-order chi connectivity index (χ1) is 7.70. The number of phenolic OH excluding ortho intramolecular Hbond substituents is 2. The van der Waals surface area contributed by atoms with Crippen molar-refractivity contribution in [1.82, 2.24) is 4.57 Å². The van der Waals surface area contributed by atoms with Crippen LogP contribution in [0.25, 0.3) is 21.8 Å². The summed E-state index contributed by atoms with van der Waals surface area (Å²) in [6, 6.07) is 11.1. The van der Waals surface area contributed by atoms with Gasteiger partial charge < -0.3 is 14.8 Å². The van der Waals surface area contributed by atoms with Crippen molar-refractivity contribution in [3.05, 3.63) is 36.4 Å². The third-order valence-electron chi connectivity index (χ3n) is 3.03. The quantitative estimate of drug-likeness (QED) is 0.564. The molecule has 0 saturated heterocycles. The van der Waals surface area contributed by atoms with Gasteiger partial charge in [0.05, 0.1) is 10.9 Å². The standard InChI is InChI=1S/C13H11NO2/c1-14-9-5-3-2-4-8(9)12-10(14)6-7-11(15)13(12)16/h2-7,15-16H,1H3. The second-order valence-corrected chi connectivity index (χ2v) is 3.90. The first-order valence-electron chi connectivity index (χ1n) is 5.08. The Morgan fingerprint density at radius 2 is 1.69 bits per heavy atom. The second kappa shape index (κ2) is 2.92. The molecule has 0 bridgehead atoms. The Labute approximate surface area is 92.2 Å². The molecular formula is C13H11NO2. The van der Waals surface area contributed by atoms with Crippen molar-refractivity contribution in [1.29, 1.82) is 0 Å². The summed E-state index contributed by atoms with van der Waals surface area (Å²) < 4.78 is 2.00. The molecule has 3 heteroatoms. The van der Waals surface area contributed by atoms with Gasteiger partial charge in [0.15, 0.2) is 11.5 Å². The molecule has 0 saturated carbocycles. The Kier molecular flexibility index (Phi) is 1.66. The molecule has 0 fully saturated rings. The van der Waals surface area contributed by atoms with Gasteiger partial charge in [0, 0.05) is 18.0 Å². The number of aromatic nitrogens is 1. The smallest absolute Gasteiger partial charge is 0.167 e. The fourth-order valence-electron chi connectivity index (χ4n) is 2.22. The van der Waals surface area contributed by atoms with E-state index in [9.17, 15) is 10.2 Å². The van der Waals surface area contributed by atoms with Crippen LogP contribution in [0.4, 0.5) is 0 Å². The van der Waals surface area contributed by atoms with Crippen LogP contribution < -0.4 is 0 Å². The number of rotatable bonds is 0. The van der Waals surface area contributed by atoms with Crippen LogP contribution in [0.1, 0.15) is 0 Å². The van der Waals surface area contributed by atoms with E-state index < -0.39 is 0 Å². The van der Waals surface area contributed by atoms with Gasteiger partial charge in [-0.25, -0.2) is 0 Å². The van der Waals surface area contributed by atoms with Crippen LogP contribution in [-0.4, -0.2) is 14.8 Å². The highest BCUT2D eigenvalue weighted by Gasteiger charge is 2.13. The lowest BCUT2D eigenvalue weighted by atomic mass is 10.1. The molecule has 1 aromatic heterocycles. The predicted molar refractivity (Wildman–Crippen MR) is 63.8 cm³/mol. The zero-order chi connectivity index (χ0) is 11.3. The van der Waals surface area contributed by atoms with E-state index in [1.165, 1.54) is 6.07 Å². The maximum atomic E-state index is 9.91. The molecule has 0 aliphatic heterocycles. The van der Waals surface area contributed by atoms with Crippen molar-refractivity contribution < 1.29 is 10.2 Å². The third kappa shape index (κ3) is 0.972. The number of hydrogen-bond donors (Lipinski definition) is 2. The van der Waals surface area contributed by atoms with E-state index in [-0.39, 0.29) is 11.5 Å². The molecule has 3 nitrogen and oxygen atoms in total. The van der Waals surface area contributed by atoms with Crippen LogP contribution in [0.2, 0.25) is 0 Å². The number of phenols is 2. The Hall–Kier alpha value is -2.16. The van der Waals surface area contributed by atoms with Gasteiger partial charge in [-0.2, -0.15) is 0 Å². The fourth-order valence-corrected chi connectivity index (χ4v) is 2.22. The molecule has 16 heavy (non-hydrogen) atoms. The van der Waals surface area contributed by atoms with E-state index >= 15 is 0 Å². The molecule has 0 atom stereocenters. The van der Waals surface area contributed by atoms with Crippen LogP contribution in [0, 0.1) is 0 Å². The second-order valence-electron chi connectivity index (χ2n) is 3.90. The highest BCUT2D eigenvalue weighted by atomic mass is 16.3. The Bertz CT molecular complexity index is 698. The molecule has 0 aliphatic rings. The number of para-hydroxylation sites is 1. The SMILES string of the molecule is Cn1c2ccccc2c2c(O)c(O)ccc21. The number of benzene rings is 2. The average molecular weight is 213 g/mol. The van der Waals surface area contributed by atoms with E-state index in [2.05, 4.69) is 0 Å². The van der Waals surface area contributed by atoms with Crippen LogP contribution in [0.3, 0.4) is 0 Å². The fraction of sp³-hybridized carbons (Fsp3) is 0.0769. The van der Waals surface area contributed by atoms with Gasteiger partial charge in [-0.15, -0.1) is 0 Å². The monoisotopic (exact) mass is 213 g/mol. The largest absolute Gasteiger partial charge is 0.504 e. The van der Waals surface area contributed by atoms with Gasteiger partial charge in [0.2, 0.25) is 0 Å². The zero-order valence-corrected chi connectivity index (χ0v) is 8.81. The lowest BCUT2D eigenvalue weighted by molar-refractivity contribution is 0.408. The summed E-state index contributed by atoms with van der Waals surface area (Å²) in [7, 11) is 1.95. The molecular weight excluding hydrogens is 202 g/mol. The normalized spacial score (nSPS) is 11.3. The highest BCUT2D eigenvalue weighted by molar-refractivity contribution is 6.11. The number of aryl methyl sites for hydroxylation is 1. The van der Waals surface area contributed by atoms with Crippen LogP contribution in [0.15, 0.2) is 36.4 Å². The third-order valence-corrected chi connectivity index (χ3v) is 3.03. The van der Waals surface area contributed by atoms with Gasteiger partial charge in [-0.1, -0.05) is 18.2 Å². The van der Waals surface area contributed by atoms with Crippen molar-refractivity contribution in [2.24, 2.45) is 7.05 Å².